The fourth-order valence-electron chi connectivity index (χ4n) is 6.39. The monoisotopic (exact) mass is 644 g/mol. The first-order chi connectivity index (χ1) is 20.9. The molecule has 0 bridgehead atoms. The Morgan fingerprint density at radius 1 is 1.16 bits per heavy atom. The van der Waals surface area contributed by atoms with E-state index in [9.17, 15) is 24.3 Å². The lowest BCUT2D eigenvalue weighted by Gasteiger charge is -2.35. The molecule has 0 radical (unpaired) electrons. The number of ketones is 1. The van der Waals surface area contributed by atoms with Crippen molar-refractivity contribution < 1.29 is 38.5 Å². The summed E-state index contributed by atoms with van der Waals surface area (Å²) < 4.78 is 17.4. The van der Waals surface area contributed by atoms with E-state index in [0.717, 1.165) is 0 Å². The number of carboxylic acids is 1. The topological polar surface area (TPSA) is 132 Å². The van der Waals surface area contributed by atoms with E-state index in [1.54, 1.807) is 39.0 Å². The smallest absolute Gasteiger partial charge is 0.310 e. The molecule has 0 spiro atoms. The first kappa shape index (κ1) is 34.5. The maximum atomic E-state index is 14.3. The molecule has 2 fully saturated rings. The normalized spacial score (nSPS) is 23.8. The van der Waals surface area contributed by atoms with Crippen LogP contribution in [-0.4, -0.2) is 70.0 Å². The first-order valence-corrected chi connectivity index (χ1v) is 15.9. The molecular weight excluding hydrogens is 600 g/mol. The van der Waals surface area contributed by atoms with Gasteiger partial charge in [0, 0.05) is 24.3 Å². The highest BCUT2D eigenvalue weighted by molar-refractivity contribution is 6.35. The van der Waals surface area contributed by atoms with Crippen molar-refractivity contribution in [3.8, 4) is 11.6 Å². The molecule has 1 aliphatic carbocycles. The number of aromatic nitrogens is 1. The van der Waals surface area contributed by atoms with Crippen LogP contribution in [0.4, 0.5) is 0 Å². The molecule has 2 aliphatic rings. The first-order valence-electron chi connectivity index (χ1n) is 15.5. The fourth-order valence-corrected chi connectivity index (χ4v) is 6.60. The van der Waals surface area contributed by atoms with E-state index in [4.69, 9.17) is 25.8 Å². The van der Waals surface area contributed by atoms with Gasteiger partial charge < -0.3 is 24.2 Å². The van der Waals surface area contributed by atoms with Gasteiger partial charge in [-0.05, 0) is 50.7 Å². The number of hydrogen-bond donors (Lipinski definition) is 1. The number of Topliss-reactive ketones (excluding diaryl/α,β-unsaturated/α-hetero) is 1. The molecule has 1 N–H and O–H groups in total. The highest BCUT2D eigenvalue weighted by atomic mass is 35.5. The number of likely N-dealkylation sites (tertiary alicyclic amines) is 1. The zero-order valence-electron chi connectivity index (χ0n) is 27.4. The lowest BCUT2D eigenvalue weighted by atomic mass is 9.77. The number of aliphatic carboxylic acids is 1. The third-order valence-electron chi connectivity index (χ3n) is 8.92. The summed E-state index contributed by atoms with van der Waals surface area (Å²) in [5.74, 6) is -2.35. The maximum Gasteiger partial charge on any atom is 0.310 e. The van der Waals surface area contributed by atoms with Crippen molar-refractivity contribution in [2.75, 3.05) is 13.7 Å². The molecule has 246 valence electrons. The van der Waals surface area contributed by atoms with E-state index in [2.05, 4.69) is 4.98 Å². The molecular formula is C34H45ClN2O8. The summed E-state index contributed by atoms with van der Waals surface area (Å²) in [6.07, 6.45) is 0.298. The van der Waals surface area contributed by atoms with Crippen LogP contribution in [0.5, 0.6) is 11.6 Å². The van der Waals surface area contributed by atoms with Crippen LogP contribution < -0.4 is 9.47 Å². The minimum absolute atomic E-state index is 0.0696. The number of rotatable bonds is 11. The molecule has 1 saturated heterocycles. The van der Waals surface area contributed by atoms with Crippen LogP contribution in [0.25, 0.3) is 10.9 Å². The highest BCUT2D eigenvalue weighted by Crippen LogP contribution is 2.57. The summed E-state index contributed by atoms with van der Waals surface area (Å²) >= 11 is 6.42. The number of carbonyl (C=O) groups excluding carboxylic acids is 3. The number of pyridine rings is 1. The van der Waals surface area contributed by atoms with Gasteiger partial charge in [0.2, 0.25) is 11.8 Å². The average Bonchev–Trinajstić information content (AvgIpc) is 3.50. The summed E-state index contributed by atoms with van der Waals surface area (Å²) in [4.78, 5) is 59.4. The molecule has 1 aliphatic heterocycles. The second-order valence-electron chi connectivity index (χ2n) is 14.4. The van der Waals surface area contributed by atoms with Gasteiger partial charge >= 0.3 is 11.9 Å². The Labute approximate surface area is 269 Å². The number of esters is 1. The standard InChI is InChI=1S/C34H45ClN2O8/c1-9-19-16-34(19,31(41)42)17-25(38)24-13-20(44-26-15-27(43-8)36-29-21(26)11-10-12-23(29)35)18-37(24)30(40)22(32(2,3)4)14-28(39)45-33(5,6)7/h10-12,15,19-20,22,24H,9,13-14,16-18H2,1-8H3,(H,41,42)/t19-,20-,22-,24+,34-/m1/s1. The Balaban J connectivity index is 1.68. The van der Waals surface area contributed by atoms with Crippen molar-refractivity contribution >= 4 is 46.1 Å². The Bertz CT molecular complexity index is 1480. The number of amides is 1. The molecule has 45 heavy (non-hydrogen) atoms. The number of halogens is 1. The lowest BCUT2D eigenvalue weighted by Crippen LogP contribution is -2.48. The molecule has 2 heterocycles. The SMILES string of the molecule is CC[C@@H]1C[C@]1(CC(=O)[C@@H]1C[C@@H](Oc2cc(OC)nc3c(Cl)cccc23)CN1C(=O)[C@@H](CC(=O)OC(C)(C)C)C(C)(C)C)C(=O)O. The largest absolute Gasteiger partial charge is 0.488 e. The minimum Gasteiger partial charge on any atom is -0.488 e. The molecule has 10 nitrogen and oxygen atoms in total. The van der Waals surface area contributed by atoms with Crippen molar-refractivity contribution in [1.29, 1.82) is 0 Å². The third-order valence-corrected chi connectivity index (χ3v) is 9.23. The van der Waals surface area contributed by atoms with E-state index in [1.807, 2.05) is 33.8 Å². The fraction of sp³-hybridized carbons (Fsp3) is 0.618. The van der Waals surface area contributed by atoms with Crippen LogP contribution >= 0.6 is 11.6 Å². The molecule has 0 unspecified atom stereocenters. The minimum atomic E-state index is -1.12. The van der Waals surface area contributed by atoms with Gasteiger partial charge in [-0.1, -0.05) is 51.8 Å². The Morgan fingerprint density at radius 2 is 1.84 bits per heavy atom. The van der Waals surface area contributed by atoms with Crippen molar-refractivity contribution in [2.45, 2.75) is 98.3 Å². The van der Waals surface area contributed by atoms with Gasteiger partial charge in [0.15, 0.2) is 5.78 Å². The molecule has 1 aromatic heterocycles. The lowest BCUT2D eigenvalue weighted by molar-refractivity contribution is -0.161. The van der Waals surface area contributed by atoms with E-state index in [1.165, 1.54) is 12.0 Å². The predicted octanol–water partition coefficient (Wildman–Crippen LogP) is 6.10. The Hall–Kier alpha value is -3.40. The van der Waals surface area contributed by atoms with E-state index in [0.29, 0.717) is 34.5 Å². The highest BCUT2D eigenvalue weighted by Gasteiger charge is 2.61. The number of para-hydroxylation sites is 1. The number of hydrogen-bond acceptors (Lipinski definition) is 8. The molecule has 4 rings (SSSR count). The Kier molecular flexibility index (Phi) is 9.79. The van der Waals surface area contributed by atoms with Gasteiger partial charge in [0.25, 0.3) is 0 Å². The average molecular weight is 645 g/mol. The van der Waals surface area contributed by atoms with Crippen molar-refractivity contribution in [3.63, 3.8) is 0 Å². The molecule has 1 amide bonds. The predicted molar refractivity (Wildman–Crippen MR) is 169 cm³/mol. The van der Waals surface area contributed by atoms with Crippen molar-refractivity contribution in [2.24, 2.45) is 22.7 Å². The van der Waals surface area contributed by atoms with Gasteiger partial charge in [0.05, 0.1) is 48.0 Å². The van der Waals surface area contributed by atoms with E-state index >= 15 is 0 Å². The summed E-state index contributed by atoms with van der Waals surface area (Å²) in [5.41, 5.74) is -2.00. The van der Waals surface area contributed by atoms with Crippen LogP contribution in [0.15, 0.2) is 24.3 Å². The number of fused-ring (bicyclic) bond motifs is 1. The molecule has 11 heteroatoms. The van der Waals surface area contributed by atoms with Gasteiger partial charge in [-0.25, -0.2) is 4.98 Å². The quantitative estimate of drug-likeness (QED) is 0.288. The van der Waals surface area contributed by atoms with Gasteiger partial charge in [-0.15, -0.1) is 0 Å². The van der Waals surface area contributed by atoms with Crippen LogP contribution in [0.3, 0.4) is 0 Å². The van der Waals surface area contributed by atoms with Gasteiger partial charge in [0.1, 0.15) is 17.5 Å². The van der Waals surface area contributed by atoms with Crippen molar-refractivity contribution in [1.82, 2.24) is 9.88 Å². The zero-order chi connectivity index (χ0) is 33.5. The number of carboxylic acid groups (broad SMARTS) is 1. The van der Waals surface area contributed by atoms with Crippen LogP contribution in [-0.2, 0) is 23.9 Å². The summed E-state index contributed by atoms with van der Waals surface area (Å²) in [5, 5.41) is 11.1. The Morgan fingerprint density at radius 3 is 2.40 bits per heavy atom. The number of carbonyl (C=O) groups is 4. The number of methoxy groups -OCH3 is 1. The molecule has 1 aromatic carbocycles. The number of nitrogens with zero attached hydrogens (tertiary/aromatic N) is 2. The van der Waals surface area contributed by atoms with Crippen LogP contribution in [0.1, 0.15) is 80.6 Å². The number of ether oxygens (including phenoxy) is 3. The van der Waals surface area contributed by atoms with Gasteiger partial charge in [-0.3, -0.25) is 19.2 Å². The van der Waals surface area contributed by atoms with Gasteiger partial charge in [-0.2, -0.15) is 0 Å². The van der Waals surface area contributed by atoms with Crippen molar-refractivity contribution in [3.05, 3.63) is 29.3 Å². The summed E-state index contributed by atoms with van der Waals surface area (Å²) in [6, 6.07) is 6.02. The van der Waals surface area contributed by atoms with E-state index in [-0.39, 0.29) is 49.3 Å². The van der Waals surface area contributed by atoms with E-state index < -0.39 is 46.4 Å². The second kappa shape index (κ2) is 12.8. The number of benzene rings is 1. The zero-order valence-corrected chi connectivity index (χ0v) is 28.2. The molecule has 2 aromatic rings. The van der Waals surface area contributed by atoms with Crippen LogP contribution in [0.2, 0.25) is 5.02 Å². The maximum absolute atomic E-state index is 14.3. The third kappa shape index (κ3) is 7.54. The summed E-state index contributed by atoms with van der Waals surface area (Å²) in [6.45, 7) is 12.9. The van der Waals surface area contributed by atoms with Crippen LogP contribution in [0, 0.1) is 22.7 Å². The second-order valence-corrected chi connectivity index (χ2v) is 14.8. The molecule has 1 saturated carbocycles. The summed E-state index contributed by atoms with van der Waals surface area (Å²) in [7, 11) is 1.48. The molecule has 5 atom stereocenters.